The summed E-state index contributed by atoms with van der Waals surface area (Å²) >= 11 is 0. The number of hydrogen-bond acceptors (Lipinski definition) is 4. The summed E-state index contributed by atoms with van der Waals surface area (Å²) in [5, 5.41) is 9.66. The summed E-state index contributed by atoms with van der Waals surface area (Å²) in [6, 6.07) is 7.12. The summed E-state index contributed by atoms with van der Waals surface area (Å²) in [7, 11) is 0. The van der Waals surface area contributed by atoms with Gasteiger partial charge in [-0.2, -0.15) is 5.10 Å². The van der Waals surface area contributed by atoms with Gasteiger partial charge < -0.3 is 15.8 Å². The van der Waals surface area contributed by atoms with Crippen molar-refractivity contribution < 1.29 is 9.53 Å². The molecule has 0 atom stereocenters. The fraction of sp³-hybridized carbons (Fsp3) is 0.286. The number of nitrogens with one attached hydrogen (secondary N) is 2. The Morgan fingerprint density at radius 1 is 1.45 bits per heavy atom. The maximum atomic E-state index is 11.8. The van der Waals surface area contributed by atoms with Gasteiger partial charge in [0.1, 0.15) is 5.75 Å². The SMILES string of the molecule is Cc1n[nH]c(C)c1NC(=O)CCOc1cccc(N)c1. The van der Waals surface area contributed by atoms with Crippen LogP contribution < -0.4 is 15.8 Å². The fourth-order valence-corrected chi connectivity index (χ4v) is 1.80. The zero-order valence-electron chi connectivity index (χ0n) is 11.6. The highest BCUT2D eigenvalue weighted by atomic mass is 16.5. The van der Waals surface area contributed by atoms with Crippen molar-refractivity contribution in [2.75, 3.05) is 17.7 Å². The number of aromatic nitrogens is 2. The minimum absolute atomic E-state index is 0.110. The minimum Gasteiger partial charge on any atom is -0.493 e. The van der Waals surface area contributed by atoms with E-state index in [1.807, 2.05) is 19.9 Å². The van der Waals surface area contributed by atoms with Crippen LogP contribution in [0.3, 0.4) is 0 Å². The lowest BCUT2D eigenvalue weighted by Crippen LogP contribution is -2.16. The molecule has 2 rings (SSSR count). The average molecular weight is 274 g/mol. The van der Waals surface area contributed by atoms with Gasteiger partial charge in [0, 0.05) is 11.8 Å². The number of ether oxygens (including phenoxy) is 1. The van der Waals surface area contributed by atoms with E-state index in [-0.39, 0.29) is 12.3 Å². The van der Waals surface area contributed by atoms with E-state index in [0.717, 1.165) is 17.1 Å². The first-order valence-electron chi connectivity index (χ1n) is 6.36. The van der Waals surface area contributed by atoms with E-state index < -0.39 is 0 Å². The van der Waals surface area contributed by atoms with E-state index in [0.29, 0.717) is 18.0 Å². The molecule has 4 N–H and O–H groups in total. The Morgan fingerprint density at radius 2 is 2.25 bits per heavy atom. The monoisotopic (exact) mass is 274 g/mol. The molecule has 2 aromatic rings. The third kappa shape index (κ3) is 3.50. The molecule has 106 valence electrons. The third-order valence-electron chi connectivity index (χ3n) is 2.85. The molecule has 0 saturated carbocycles. The van der Waals surface area contributed by atoms with Crippen molar-refractivity contribution in [3.05, 3.63) is 35.7 Å². The number of carbonyl (C=O) groups excluding carboxylic acids is 1. The Hall–Kier alpha value is -2.50. The quantitative estimate of drug-likeness (QED) is 0.727. The van der Waals surface area contributed by atoms with Gasteiger partial charge in [0.05, 0.1) is 30.1 Å². The number of carbonyl (C=O) groups is 1. The molecule has 0 aliphatic carbocycles. The Labute approximate surface area is 117 Å². The highest BCUT2D eigenvalue weighted by Crippen LogP contribution is 2.17. The summed E-state index contributed by atoms with van der Waals surface area (Å²) in [4.78, 5) is 11.8. The van der Waals surface area contributed by atoms with Crippen LogP contribution in [0.4, 0.5) is 11.4 Å². The van der Waals surface area contributed by atoms with Gasteiger partial charge in [-0.3, -0.25) is 9.89 Å². The molecule has 1 aromatic heterocycles. The van der Waals surface area contributed by atoms with Crippen molar-refractivity contribution in [3.63, 3.8) is 0 Å². The molecule has 0 fully saturated rings. The van der Waals surface area contributed by atoms with Crippen LogP contribution >= 0.6 is 0 Å². The normalized spacial score (nSPS) is 10.3. The first-order chi connectivity index (χ1) is 9.56. The van der Waals surface area contributed by atoms with E-state index in [2.05, 4.69) is 15.5 Å². The fourth-order valence-electron chi connectivity index (χ4n) is 1.80. The highest BCUT2D eigenvalue weighted by molar-refractivity contribution is 5.91. The number of rotatable bonds is 5. The van der Waals surface area contributed by atoms with Gasteiger partial charge in [-0.05, 0) is 26.0 Å². The molecule has 0 radical (unpaired) electrons. The van der Waals surface area contributed by atoms with Crippen molar-refractivity contribution in [2.45, 2.75) is 20.3 Å². The van der Waals surface area contributed by atoms with Gasteiger partial charge >= 0.3 is 0 Å². The molecule has 20 heavy (non-hydrogen) atoms. The third-order valence-corrected chi connectivity index (χ3v) is 2.85. The standard InChI is InChI=1S/C14H18N4O2/c1-9-14(10(2)18-17-9)16-13(19)6-7-20-12-5-3-4-11(15)8-12/h3-5,8H,6-7,15H2,1-2H3,(H,16,19)(H,17,18). The van der Waals surface area contributed by atoms with Crippen LogP contribution in [0.5, 0.6) is 5.75 Å². The van der Waals surface area contributed by atoms with Gasteiger partial charge in [-0.15, -0.1) is 0 Å². The maximum absolute atomic E-state index is 11.8. The molecule has 0 spiro atoms. The van der Waals surface area contributed by atoms with Crippen LogP contribution in [0, 0.1) is 13.8 Å². The molecule has 6 heteroatoms. The van der Waals surface area contributed by atoms with E-state index >= 15 is 0 Å². The van der Waals surface area contributed by atoms with Crippen molar-refractivity contribution in [2.24, 2.45) is 0 Å². The molecular formula is C14H18N4O2. The number of amides is 1. The number of nitrogens with zero attached hydrogens (tertiary/aromatic N) is 1. The lowest BCUT2D eigenvalue weighted by molar-refractivity contribution is -0.116. The molecule has 0 aliphatic rings. The van der Waals surface area contributed by atoms with Gasteiger partial charge in [0.15, 0.2) is 0 Å². The molecule has 0 unspecified atom stereocenters. The molecule has 1 aromatic carbocycles. The molecule has 0 bridgehead atoms. The van der Waals surface area contributed by atoms with Gasteiger partial charge in [0.2, 0.25) is 5.91 Å². The van der Waals surface area contributed by atoms with E-state index in [9.17, 15) is 4.79 Å². The van der Waals surface area contributed by atoms with E-state index in [1.54, 1.807) is 18.2 Å². The summed E-state index contributed by atoms with van der Waals surface area (Å²) in [5.41, 5.74) is 8.63. The van der Waals surface area contributed by atoms with Crippen LogP contribution in [-0.4, -0.2) is 22.7 Å². The number of nitrogen functional groups attached to an aromatic ring is 1. The van der Waals surface area contributed by atoms with E-state index in [4.69, 9.17) is 10.5 Å². The lowest BCUT2D eigenvalue weighted by Gasteiger charge is -2.08. The maximum Gasteiger partial charge on any atom is 0.227 e. The highest BCUT2D eigenvalue weighted by Gasteiger charge is 2.10. The van der Waals surface area contributed by atoms with Crippen LogP contribution in [0.25, 0.3) is 0 Å². The second-order valence-corrected chi connectivity index (χ2v) is 4.53. The number of hydrogen-bond donors (Lipinski definition) is 3. The first kappa shape index (κ1) is 13.9. The molecular weight excluding hydrogens is 256 g/mol. The first-order valence-corrected chi connectivity index (χ1v) is 6.36. The lowest BCUT2D eigenvalue weighted by atomic mass is 10.3. The molecule has 0 aliphatic heterocycles. The summed E-state index contributed by atoms with van der Waals surface area (Å²) in [6.45, 7) is 3.99. The van der Waals surface area contributed by atoms with Crippen LogP contribution in [0.1, 0.15) is 17.8 Å². The zero-order chi connectivity index (χ0) is 14.5. The molecule has 6 nitrogen and oxygen atoms in total. The average Bonchev–Trinajstić information content (AvgIpc) is 2.71. The van der Waals surface area contributed by atoms with Gasteiger partial charge in [-0.1, -0.05) is 6.07 Å². The number of aromatic amines is 1. The molecule has 0 saturated heterocycles. The largest absolute Gasteiger partial charge is 0.493 e. The Morgan fingerprint density at radius 3 is 2.90 bits per heavy atom. The van der Waals surface area contributed by atoms with Crippen molar-refractivity contribution >= 4 is 17.3 Å². The Kier molecular flexibility index (Phi) is 4.24. The summed E-state index contributed by atoms with van der Waals surface area (Å²) in [5.74, 6) is 0.551. The topological polar surface area (TPSA) is 93.0 Å². The summed E-state index contributed by atoms with van der Waals surface area (Å²) < 4.78 is 5.47. The van der Waals surface area contributed by atoms with Crippen molar-refractivity contribution in [1.29, 1.82) is 0 Å². The number of benzene rings is 1. The number of H-pyrrole nitrogens is 1. The van der Waals surface area contributed by atoms with Crippen LogP contribution in [-0.2, 0) is 4.79 Å². The van der Waals surface area contributed by atoms with E-state index in [1.165, 1.54) is 0 Å². The number of nitrogens with two attached hydrogens (primary N) is 1. The smallest absolute Gasteiger partial charge is 0.227 e. The second kappa shape index (κ2) is 6.10. The summed E-state index contributed by atoms with van der Waals surface area (Å²) in [6.07, 6.45) is 0.263. The predicted octanol–water partition coefficient (Wildman–Crippen LogP) is 2.02. The minimum atomic E-state index is -0.110. The van der Waals surface area contributed by atoms with Gasteiger partial charge in [-0.25, -0.2) is 0 Å². The van der Waals surface area contributed by atoms with Gasteiger partial charge in [0.25, 0.3) is 0 Å². The van der Waals surface area contributed by atoms with Crippen molar-refractivity contribution in [3.8, 4) is 5.75 Å². The molecule has 1 heterocycles. The predicted molar refractivity (Wildman–Crippen MR) is 77.7 cm³/mol. The molecule has 1 amide bonds. The number of aryl methyl sites for hydroxylation is 2. The van der Waals surface area contributed by atoms with Crippen LogP contribution in [0.15, 0.2) is 24.3 Å². The second-order valence-electron chi connectivity index (χ2n) is 4.53. The van der Waals surface area contributed by atoms with Crippen LogP contribution in [0.2, 0.25) is 0 Å². The Balaban J connectivity index is 1.81. The van der Waals surface area contributed by atoms with Crippen molar-refractivity contribution in [1.82, 2.24) is 10.2 Å². The number of anilines is 2. The zero-order valence-corrected chi connectivity index (χ0v) is 11.6. The Bertz CT molecular complexity index is 587.